The van der Waals surface area contributed by atoms with Gasteiger partial charge in [0.1, 0.15) is 6.10 Å². The SMILES string of the molecule is CCCCCCCCOC1=C(OCCCCCCCC)[C@@](CC(O)CO)([C@@H](O)CO)OC1=O. The van der Waals surface area contributed by atoms with Gasteiger partial charge < -0.3 is 34.6 Å². The normalized spacial score (nSPS) is 20.1. The van der Waals surface area contributed by atoms with Gasteiger partial charge in [0, 0.05) is 6.42 Å². The van der Waals surface area contributed by atoms with E-state index < -0.39 is 37.0 Å². The number of esters is 1. The molecule has 1 unspecified atom stereocenters. The van der Waals surface area contributed by atoms with Gasteiger partial charge in [-0.05, 0) is 12.8 Å². The number of carbonyl (C=O) groups excluding carboxylic acids is 1. The molecule has 0 aliphatic carbocycles. The summed E-state index contributed by atoms with van der Waals surface area (Å²) in [4.78, 5) is 12.7. The Morgan fingerprint density at radius 3 is 1.82 bits per heavy atom. The Balaban J connectivity index is 2.90. The second-order valence-electron chi connectivity index (χ2n) is 8.91. The Labute approximate surface area is 198 Å². The first-order chi connectivity index (χ1) is 16.0. The van der Waals surface area contributed by atoms with Crippen LogP contribution in [0, 0.1) is 0 Å². The lowest BCUT2D eigenvalue weighted by atomic mass is 9.88. The number of ether oxygens (including phenoxy) is 3. The van der Waals surface area contributed by atoms with Crippen LogP contribution in [0.25, 0.3) is 0 Å². The van der Waals surface area contributed by atoms with E-state index in [0.29, 0.717) is 6.61 Å². The molecule has 4 N–H and O–H groups in total. The van der Waals surface area contributed by atoms with Crippen LogP contribution in [0.1, 0.15) is 97.3 Å². The van der Waals surface area contributed by atoms with Crippen molar-refractivity contribution in [3.05, 3.63) is 11.5 Å². The van der Waals surface area contributed by atoms with E-state index in [4.69, 9.17) is 14.2 Å². The van der Waals surface area contributed by atoms with Gasteiger partial charge in [-0.25, -0.2) is 4.79 Å². The van der Waals surface area contributed by atoms with Crippen LogP contribution in [0.3, 0.4) is 0 Å². The molecule has 0 saturated heterocycles. The zero-order valence-electron chi connectivity index (χ0n) is 20.6. The molecule has 0 amide bonds. The van der Waals surface area contributed by atoms with E-state index in [1.165, 1.54) is 25.7 Å². The topological polar surface area (TPSA) is 126 Å². The molecule has 8 heteroatoms. The number of hydrogen-bond donors (Lipinski definition) is 4. The van der Waals surface area contributed by atoms with Crippen molar-refractivity contribution < 1.29 is 39.4 Å². The third-order valence-corrected chi connectivity index (χ3v) is 6.00. The third kappa shape index (κ3) is 9.81. The highest BCUT2D eigenvalue weighted by molar-refractivity contribution is 5.90. The lowest BCUT2D eigenvalue weighted by Gasteiger charge is -2.34. The van der Waals surface area contributed by atoms with Gasteiger partial charge in [-0.1, -0.05) is 78.1 Å². The standard InChI is InChI=1S/C25H46O8/c1-3-5-7-9-11-13-15-31-22-23(32-16-14-12-10-8-6-4-2)25(21(29)19-27,33-24(22)30)17-20(28)18-26/h20-21,26-29H,3-19H2,1-2H3/t20?,21-,25+/m0/s1. The molecule has 0 radical (unpaired) electrons. The van der Waals surface area contributed by atoms with Gasteiger partial charge in [-0.2, -0.15) is 0 Å². The first-order valence-electron chi connectivity index (χ1n) is 12.8. The monoisotopic (exact) mass is 474 g/mol. The number of hydrogen-bond acceptors (Lipinski definition) is 8. The van der Waals surface area contributed by atoms with Crippen LogP contribution in [0.4, 0.5) is 0 Å². The molecule has 0 bridgehead atoms. The summed E-state index contributed by atoms with van der Waals surface area (Å²) >= 11 is 0. The van der Waals surface area contributed by atoms with Crippen LogP contribution in [-0.4, -0.2) is 70.6 Å². The van der Waals surface area contributed by atoms with Crippen molar-refractivity contribution in [1.29, 1.82) is 0 Å². The Bertz CT molecular complexity index is 565. The first kappa shape index (κ1) is 29.7. The lowest BCUT2D eigenvalue weighted by molar-refractivity contribution is -0.171. The van der Waals surface area contributed by atoms with Gasteiger partial charge in [-0.3, -0.25) is 0 Å². The van der Waals surface area contributed by atoms with Gasteiger partial charge >= 0.3 is 5.97 Å². The minimum Gasteiger partial charge on any atom is -0.490 e. The summed E-state index contributed by atoms with van der Waals surface area (Å²) in [6.07, 6.45) is 9.56. The van der Waals surface area contributed by atoms with Crippen LogP contribution in [0.5, 0.6) is 0 Å². The highest BCUT2D eigenvalue weighted by Gasteiger charge is 2.56. The van der Waals surface area contributed by atoms with E-state index in [0.717, 1.165) is 51.4 Å². The molecule has 0 saturated carbocycles. The molecule has 0 spiro atoms. The van der Waals surface area contributed by atoms with Gasteiger partial charge in [0.15, 0.2) is 5.76 Å². The molecule has 3 atom stereocenters. The van der Waals surface area contributed by atoms with E-state index in [2.05, 4.69) is 13.8 Å². The third-order valence-electron chi connectivity index (χ3n) is 6.00. The predicted molar refractivity (Wildman–Crippen MR) is 125 cm³/mol. The van der Waals surface area contributed by atoms with Gasteiger partial charge in [-0.15, -0.1) is 0 Å². The van der Waals surface area contributed by atoms with E-state index in [1.807, 2.05) is 0 Å². The van der Waals surface area contributed by atoms with Crippen molar-refractivity contribution in [3.8, 4) is 0 Å². The number of aliphatic hydroxyl groups excluding tert-OH is 4. The minimum absolute atomic E-state index is 0.00101. The summed E-state index contributed by atoms with van der Waals surface area (Å²) < 4.78 is 17.2. The first-order valence-corrected chi connectivity index (χ1v) is 12.8. The fourth-order valence-corrected chi connectivity index (χ4v) is 4.02. The second kappa shape index (κ2) is 17.1. The number of aliphatic hydroxyl groups is 4. The predicted octanol–water partition coefficient (Wildman–Crippen LogP) is 3.34. The molecule has 1 aliphatic rings. The molecule has 1 rings (SSSR count). The number of unbranched alkanes of at least 4 members (excludes halogenated alkanes) is 10. The highest BCUT2D eigenvalue weighted by Crippen LogP contribution is 2.41. The molecule has 0 aromatic rings. The quantitative estimate of drug-likeness (QED) is 0.147. The summed E-state index contributed by atoms with van der Waals surface area (Å²) in [5.74, 6) is -0.912. The van der Waals surface area contributed by atoms with Crippen molar-refractivity contribution in [2.75, 3.05) is 26.4 Å². The van der Waals surface area contributed by atoms with Gasteiger partial charge in [0.25, 0.3) is 0 Å². The molecule has 0 aromatic heterocycles. The van der Waals surface area contributed by atoms with Crippen LogP contribution in [0.15, 0.2) is 11.5 Å². The minimum atomic E-state index is -1.80. The van der Waals surface area contributed by atoms with Crippen LogP contribution in [-0.2, 0) is 19.0 Å². The van der Waals surface area contributed by atoms with Crippen molar-refractivity contribution in [2.24, 2.45) is 0 Å². The largest absolute Gasteiger partial charge is 0.490 e. The average Bonchev–Trinajstić information content (AvgIpc) is 3.08. The molecular weight excluding hydrogens is 428 g/mol. The van der Waals surface area contributed by atoms with Gasteiger partial charge in [0.2, 0.25) is 11.4 Å². The fraction of sp³-hybridized carbons (Fsp3) is 0.880. The van der Waals surface area contributed by atoms with Crippen molar-refractivity contribution >= 4 is 5.97 Å². The molecule has 8 nitrogen and oxygen atoms in total. The van der Waals surface area contributed by atoms with E-state index in [-0.39, 0.29) is 24.5 Å². The number of cyclic esters (lactones) is 1. The maximum absolute atomic E-state index is 12.7. The fourth-order valence-electron chi connectivity index (χ4n) is 4.02. The Morgan fingerprint density at radius 2 is 1.30 bits per heavy atom. The summed E-state index contributed by atoms with van der Waals surface area (Å²) in [5, 5.41) is 39.6. The molecule has 0 aromatic carbocycles. The number of rotatable bonds is 21. The smallest absolute Gasteiger partial charge is 0.378 e. The molecule has 1 heterocycles. The Hall–Kier alpha value is -1.35. The van der Waals surface area contributed by atoms with E-state index in [9.17, 15) is 25.2 Å². The molecule has 0 fully saturated rings. The van der Waals surface area contributed by atoms with Crippen molar-refractivity contribution in [1.82, 2.24) is 0 Å². The summed E-state index contributed by atoms with van der Waals surface area (Å²) in [5.41, 5.74) is -1.80. The summed E-state index contributed by atoms with van der Waals surface area (Å²) in [7, 11) is 0. The number of carbonyl (C=O) groups is 1. The summed E-state index contributed by atoms with van der Waals surface area (Å²) in [6.45, 7) is 3.61. The summed E-state index contributed by atoms with van der Waals surface area (Å²) in [6, 6.07) is 0. The molecule has 33 heavy (non-hydrogen) atoms. The maximum atomic E-state index is 12.7. The van der Waals surface area contributed by atoms with E-state index >= 15 is 0 Å². The van der Waals surface area contributed by atoms with Crippen LogP contribution in [0.2, 0.25) is 0 Å². The zero-order valence-corrected chi connectivity index (χ0v) is 20.6. The maximum Gasteiger partial charge on any atom is 0.378 e. The zero-order chi connectivity index (χ0) is 24.5. The van der Waals surface area contributed by atoms with E-state index in [1.54, 1.807) is 0 Å². The Morgan fingerprint density at radius 1 is 0.788 bits per heavy atom. The molecular formula is C25H46O8. The van der Waals surface area contributed by atoms with Crippen LogP contribution < -0.4 is 0 Å². The average molecular weight is 475 g/mol. The van der Waals surface area contributed by atoms with Crippen LogP contribution >= 0.6 is 0 Å². The molecule has 1 aliphatic heterocycles. The second-order valence-corrected chi connectivity index (χ2v) is 8.91. The van der Waals surface area contributed by atoms with Crippen molar-refractivity contribution in [3.63, 3.8) is 0 Å². The molecule has 194 valence electrons. The Kier molecular flexibility index (Phi) is 15.4. The lowest BCUT2D eigenvalue weighted by Crippen LogP contribution is -2.50. The van der Waals surface area contributed by atoms with Crippen molar-refractivity contribution in [2.45, 2.75) is 115 Å². The highest BCUT2D eigenvalue weighted by atomic mass is 16.6. The van der Waals surface area contributed by atoms with Gasteiger partial charge in [0.05, 0.1) is 32.5 Å².